The van der Waals surface area contributed by atoms with Gasteiger partial charge in [0.1, 0.15) is 6.26 Å². The number of aromatic nitrogens is 1. The van der Waals surface area contributed by atoms with Crippen molar-refractivity contribution in [2.45, 2.75) is 6.42 Å². The number of nitrogens with zero attached hydrogens (tertiary/aromatic N) is 1. The number of aliphatic carboxylic acids is 1. The van der Waals surface area contributed by atoms with Gasteiger partial charge in [-0.3, -0.25) is 0 Å². The van der Waals surface area contributed by atoms with Crippen LogP contribution in [0.5, 0.6) is 0 Å². The third-order valence-corrected chi connectivity index (χ3v) is 0.779. The van der Waals surface area contributed by atoms with Crippen LogP contribution >= 0.6 is 0 Å². The first-order valence-electron chi connectivity index (χ1n) is 2.37. The SMILES string of the molecule is O=C([O-])Cc1ncco1.[Li+]. The molecule has 0 saturated carbocycles. The van der Waals surface area contributed by atoms with Gasteiger partial charge in [0.25, 0.3) is 0 Å². The Labute approximate surface area is 69.4 Å². The predicted molar refractivity (Wildman–Crippen MR) is 25.2 cm³/mol. The number of oxazole rings is 1. The summed E-state index contributed by atoms with van der Waals surface area (Å²) < 4.78 is 4.61. The van der Waals surface area contributed by atoms with Gasteiger partial charge in [-0.15, -0.1) is 0 Å². The van der Waals surface area contributed by atoms with Crippen LogP contribution in [0, 0.1) is 0 Å². The van der Waals surface area contributed by atoms with Crippen molar-refractivity contribution < 1.29 is 33.2 Å². The fraction of sp³-hybridized carbons (Fsp3) is 0.200. The molecule has 0 aromatic carbocycles. The average Bonchev–Trinajstić information content (AvgIpc) is 2.15. The molecule has 4 nitrogen and oxygen atoms in total. The average molecular weight is 133 g/mol. The second-order valence-corrected chi connectivity index (χ2v) is 1.47. The van der Waals surface area contributed by atoms with Gasteiger partial charge in [0.15, 0.2) is 5.89 Å². The third-order valence-electron chi connectivity index (χ3n) is 0.779. The predicted octanol–water partition coefficient (Wildman–Crippen LogP) is -4.03. The van der Waals surface area contributed by atoms with Gasteiger partial charge in [0, 0.05) is 0 Å². The number of carboxylic acids is 1. The normalized spacial score (nSPS) is 8.40. The van der Waals surface area contributed by atoms with E-state index in [4.69, 9.17) is 0 Å². The van der Waals surface area contributed by atoms with Crippen LogP contribution in [0.15, 0.2) is 16.9 Å². The Bertz CT molecular complexity index is 197. The summed E-state index contributed by atoms with van der Waals surface area (Å²) >= 11 is 0. The van der Waals surface area contributed by atoms with Crippen molar-refractivity contribution >= 4 is 5.97 Å². The van der Waals surface area contributed by atoms with E-state index < -0.39 is 5.97 Å². The summed E-state index contributed by atoms with van der Waals surface area (Å²) in [5.41, 5.74) is 0. The minimum Gasteiger partial charge on any atom is -0.550 e. The van der Waals surface area contributed by atoms with Crippen molar-refractivity contribution in [2.75, 3.05) is 0 Å². The molecule has 0 aliphatic heterocycles. The van der Waals surface area contributed by atoms with E-state index in [-0.39, 0.29) is 31.2 Å². The number of rotatable bonds is 2. The van der Waals surface area contributed by atoms with Crippen LogP contribution in [0.25, 0.3) is 0 Å². The molecule has 0 N–H and O–H groups in total. The first-order chi connectivity index (χ1) is 4.29. The summed E-state index contributed by atoms with van der Waals surface area (Å²) in [5.74, 6) is -1.01. The van der Waals surface area contributed by atoms with E-state index >= 15 is 0 Å². The van der Waals surface area contributed by atoms with Crippen LogP contribution in [-0.2, 0) is 11.2 Å². The molecule has 0 fully saturated rings. The Morgan fingerprint density at radius 2 is 2.50 bits per heavy atom. The molecule has 48 valence electrons. The molecule has 10 heavy (non-hydrogen) atoms. The minimum absolute atomic E-state index is 0. The van der Waals surface area contributed by atoms with Crippen molar-refractivity contribution in [1.29, 1.82) is 0 Å². The fourth-order valence-electron chi connectivity index (χ4n) is 0.464. The Morgan fingerprint density at radius 3 is 2.90 bits per heavy atom. The van der Waals surface area contributed by atoms with E-state index in [0.717, 1.165) is 0 Å². The summed E-state index contributed by atoms with van der Waals surface area (Å²) in [6.45, 7) is 0. The summed E-state index contributed by atoms with van der Waals surface area (Å²) in [7, 11) is 0. The van der Waals surface area contributed by atoms with Crippen LogP contribution in [0.2, 0.25) is 0 Å². The van der Waals surface area contributed by atoms with Gasteiger partial charge in [0.2, 0.25) is 0 Å². The standard InChI is InChI=1S/C5H5NO3.Li/c7-5(8)3-4-6-1-2-9-4;/h1-2H,3H2,(H,7,8);/q;+1/p-1. The Balaban J connectivity index is 0.000000810. The first kappa shape index (κ1) is 9.28. The van der Waals surface area contributed by atoms with E-state index in [0.29, 0.717) is 0 Å². The maximum absolute atomic E-state index is 9.86. The van der Waals surface area contributed by atoms with Gasteiger partial charge >= 0.3 is 18.9 Å². The van der Waals surface area contributed by atoms with Crippen molar-refractivity contribution in [2.24, 2.45) is 0 Å². The second-order valence-electron chi connectivity index (χ2n) is 1.47. The van der Waals surface area contributed by atoms with E-state index in [9.17, 15) is 9.90 Å². The monoisotopic (exact) mass is 133 g/mol. The van der Waals surface area contributed by atoms with E-state index in [1.165, 1.54) is 12.5 Å². The largest absolute Gasteiger partial charge is 1.00 e. The van der Waals surface area contributed by atoms with Crippen LogP contribution in [-0.4, -0.2) is 11.0 Å². The maximum atomic E-state index is 9.86. The molecule has 0 saturated heterocycles. The number of carbonyl (C=O) groups is 1. The molecule has 0 atom stereocenters. The molecule has 5 heteroatoms. The molecule has 1 aromatic heterocycles. The number of carbonyl (C=O) groups excluding carboxylic acids is 1. The number of hydrogen-bond donors (Lipinski definition) is 0. The van der Waals surface area contributed by atoms with Gasteiger partial charge in [-0.1, -0.05) is 0 Å². The zero-order valence-corrected chi connectivity index (χ0v) is 5.53. The molecule has 0 radical (unpaired) electrons. The van der Waals surface area contributed by atoms with Gasteiger partial charge in [-0.2, -0.15) is 0 Å². The zero-order chi connectivity index (χ0) is 6.69. The quantitative estimate of drug-likeness (QED) is 0.385. The molecular formula is C5H4LiNO3. The molecule has 1 aromatic rings. The molecule has 0 amide bonds. The summed E-state index contributed by atoms with van der Waals surface area (Å²) in [5, 5.41) is 9.86. The number of carboxylic acid groups (broad SMARTS) is 1. The third kappa shape index (κ3) is 2.71. The molecule has 0 spiro atoms. The number of hydrogen-bond acceptors (Lipinski definition) is 4. The summed E-state index contributed by atoms with van der Waals surface area (Å²) in [4.78, 5) is 13.4. The van der Waals surface area contributed by atoms with Gasteiger partial charge in [0.05, 0.1) is 18.6 Å². The molecular weight excluding hydrogens is 129 g/mol. The Hall–Kier alpha value is -0.723. The van der Waals surface area contributed by atoms with Crippen LogP contribution in [0.4, 0.5) is 0 Å². The zero-order valence-electron chi connectivity index (χ0n) is 5.53. The van der Waals surface area contributed by atoms with Gasteiger partial charge < -0.3 is 14.3 Å². The Morgan fingerprint density at radius 1 is 1.80 bits per heavy atom. The van der Waals surface area contributed by atoms with Crippen molar-refractivity contribution in [3.05, 3.63) is 18.4 Å². The molecule has 0 aliphatic carbocycles. The molecule has 0 unspecified atom stereocenters. The smallest absolute Gasteiger partial charge is 0.550 e. The topological polar surface area (TPSA) is 66.2 Å². The molecule has 1 rings (SSSR count). The van der Waals surface area contributed by atoms with Crippen LogP contribution in [0.1, 0.15) is 5.89 Å². The minimum atomic E-state index is -1.18. The molecule has 1 heterocycles. The molecule has 0 aliphatic rings. The van der Waals surface area contributed by atoms with Crippen molar-refractivity contribution in [1.82, 2.24) is 4.98 Å². The fourth-order valence-corrected chi connectivity index (χ4v) is 0.464. The summed E-state index contributed by atoms with van der Waals surface area (Å²) in [6, 6.07) is 0. The Kier molecular flexibility index (Phi) is 3.85. The summed E-state index contributed by atoms with van der Waals surface area (Å²) in [6.07, 6.45) is 2.45. The second kappa shape index (κ2) is 4.15. The molecule has 0 bridgehead atoms. The van der Waals surface area contributed by atoms with E-state index in [1.807, 2.05) is 0 Å². The first-order valence-corrected chi connectivity index (χ1v) is 2.37. The maximum Gasteiger partial charge on any atom is 1.00 e. The van der Waals surface area contributed by atoms with Crippen molar-refractivity contribution in [3.63, 3.8) is 0 Å². The van der Waals surface area contributed by atoms with E-state index in [2.05, 4.69) is 9.40 Å². The van der Waals surface area contributed by atoms with Gasteiger partial charge in [-0.25, -0.2) is 4.98 Å². The van der Waals surface area contributed by atoms with Gasteiger partial charge in [-0.05, 0) is 0 Å². The van der Waals surface area contributed by atoms with Crippen molar-refractivity contribution in [3.8, 4) is 0 Å². The van der Waals surface area contributed by atoms with E-state index in [1.54, 1.807) is 0 Å². The van der Waals surface area contributed by atoms with Crippen LogP contribution in [0.3, 0.4) is 0 Å². The van der Waals surface area contributed by atoms with Crippen LogP contribution < -0.4 is 24.0 Å².